The molecule has 0 saturated carbocycles. The van der Waals surface area contributed by atoms with Gasteiger partial charge in [-0.25, -0.2) is 0 Å². The van der Waals surface area contributed by atoms with Crippen molar-refractivity contribution in [3.8, 4) is 0 Å². The SMILES string of the molecule is C/C=C/CN1CC(c2ccccc2)NCC1(C)CC. The molecule has 1 heterocycles. The number of piperazine rings is 1. The lowest BCUT2D eigenvalue weighted by Gasteiger charge is -2.47. The Bertz CT molecular complexity index is 413. The molecule has 2 nitrogen and oxygen atoms in total. The number of allylic oxidation sites excluding steroid dienone is 1. The van der Waals surface area contributed by atoms with Crippen LogP contribution in [-0.4, -0.2) is 30.1 Å². The van der Waals surface area contributed by atoms with Gasteiger partial charge in [-0.2, -0.15) is 0 Å². The van der Waals surface area contributed by atoms with E-state index < -0.39 is 0 Å². The van der Waals surface area contributed by atoms with Crippen molar-refractivity contribution in [3.05, 3.63) is 48.0 Å². The van der Waals surface area contributed by atoms with E-state index in [1.54, 1.807) is 0 Å². The number of rotatable bonds is 4. The first-order chi connectivity index (χ1) is 9.19. The van der Waals surface area contributed by atoms with Crippen molar-refractivity contribution in [1.29, 1.82) is 0 Å². The van der Waals surface area contributed by atoms with Gasteiger partial charge in [-0.3, -0.25) is 4.90 Å². The summed E-state index contributed by atoms with van der Waals surface area (Å²) in [6.07, 6.45) is 5.59. The van der Waals surface area contributed by atoms with Crippen LogP contribution < -0.4 is 5.32 Å². The van der Waals surface area contributed by atoms with Crippen molar-refractivity contribution in [2.24, 2.45) is 0 Å². The molecule has 1 saturated heterocycles. The van der Waals surface area contributed by atoms with Crippen molar-refractivity contribution >= 4 is 0 Å². The lowest BCUT2D eigenvalue weighted by Crippen LogP contribution is -2.60. The van der Waals surface area contributed by atoms with Gasteiger partial charge in [0.25, 0.3) is 0 Å². The summed E-state index contributed by atoms with van der Waals surface area (Å²) in [5.74, 6) is 0. The molecule has 0 radical (unpaired) electrons. The van der Waals surface area contributed by atoms with E-state index in [0.717, 1.165) is 19.6 Å². The summed E-state index contributed by atoms with van der Waals surface area (Å²) in [5.41, 5.74) is 1.66. The minimum Gasteiger partial charge on any atom is -0.307 e. The molecule has 0 aromatic heterocycles. The predicted octanol–water partition coefficient (Wildman–Crippen LogP) is 3.38. The summed E-state index contributed by atoms with van der Waals surface area (Å²) in [7, 11) is 0. The Kier molecular flexibility index (Phi) is 4.78. The van der Waals surface area contributed by atoms with Gasteiger partial charge in [0.15, 0.2) is 0 Å². The third kappa shape index (κ3) is 3.26. The Morgan fingerprint density at radius 2 is 2.11 bits per heavy atom. The topological polar surface area (TPSA) is 15.3 Å². The molecule has 0 aliphatic carbocycles. The van der Waals surface area contributed by atoms with E-state index >= 15 is 0 Å². The van der Waals surface area contributed by atoms with Crippen LogP contribution in [-0.2, 0) is 0 Å². The summed E-state index contributed by atoms with van der Waals surface area (Å²) < 4.78 is 0. The first-order valence-corrected chi connectivity index (χ1v) is 7.34. The molecule has 1 aliphatic rings. The van der Waals surface area contributed by atoms with Gasteiger partial charge in [-0.15, -0.1) is 0 Å². The smallest absolute Gasteiger partial charge is 0.0450 e. The Balaban J connectivity index is 2.12. The molecular weight excluding hydrogens is 232 g/mol. The van der Waals surface area contributed by atoms with Crippen LogP contribution in [0.2, 0.25) is 0 Å². The first kappa shape index (κ1) is 14.3. The second-order valence-electron chi connectivity index (χ2n) is 5.67. The highest BCUT2D eigenvalue weighted by molar-refractivity contribution is 5.20. The third-order valence-electron chi connectivity index (χ3n) is 4.42. The summed E-state index contributed by atoms with van der Waals surface area (Å²) in [5, 5.41) is 3.72. The largest absolute Gasteiger partial charge is 0.307 e. The molecule has 1 aromatic rings. The van der Waals surface area contributed by atoms with Crippen LogP contribution in [0.15, 0.2) is 42.5 Å². The average Bonchev–Trinajstić information content (AvgIpc) is 2.47. The molecule has 1 N–H and O–H groups in total. The summed E-state index contributed by atoms with van der Waals surface area (Å²) >= 11 is 0. The van der Waals surface area contributed by atoms with Gasteiger partial charge in [0.1, 0.15) is 0 Å². The van der Waals surface area contributed by atoms with Gasteiger partial charge in [0.05, 0.1) is 0 Å². The van der Waals surface area contributed by atoms with Gasteiger partial charge in [0, 0.05) is 31.2 Å². The molecule has 1 aromatic carbocycles. The molecule has 19 heavy (non-hydrogen) atoms. The van der Waals surface area contributed by atoms with Crippen LogP contribution in [0, 0.1) is 0 Å². The Hall–Kier alpha value is -1.12. The molecule has 2 atom stereocenters. The highest BCUT2D eigenvalue weighted by atomic mass is 15.3. The standard InChI is InChI=1S/C17H26N2/c1-4-6-12-19-13-16(15-10-8-7-9-11-15)18-14-17(19,3)5-2/h4,6-11,16,18H,5,12-14H2,1-3H3/b6-4+. The number of hydrogen-bond donors (Lipinski definition) is 1. The normalized spacial score (nSPS) is 28.9. The number of hydrogen-bond acceptors (Lipinski definition) is 2. The van der Waals surface area contributed by atoms with Gasteiger partial charge in [0.2, 0.25) is 0 Å². The molecule has 2 unspecified atom stereocenters. The van der Waals surface area contributed by atoms with E-state index in [2.05, 4.69) is 73.5 Å². The van der Waals surface area contributed by atoms with Gasteiger partial charge >= 0.3 is 0 Å². The molecule has 104 valence electrons. The molecular formula is C17H26N2. The van der Waals surface area contributed by atoms with Gasteiger partial charge in [-0.1, -0.05) is 49.4 Å². The van der Waals surface area contributed by atoms with E-state index in [1.807, 2.05) is 0 Å². The fourth-order valence-corrected chi connectivity index (χ4v) is 2.74. The zero-order valence-corrected chi connectivity index (χ0v) is 12.4. The fraction of sp³-hybridized carbons (Fsp3) is 0.529. The summed E-state index contributed by atoms with van der Waals surface area (Å²) in [6, 6.07) is 11.2. The molecule has 2 heteroatoms. The van der Waals surface area contributed by atoms with E-state index in [9.17, 15) is 0 Å². The van der Waals surface area contributed by atoms with Crippen LogP contribution >= 0.6 is 0 Å². The lowest BCUT2D eigenvalue weighted by molar-refractivity contribution is 0.0602. The van der Waals surface area contributed by atoms with Crippen molar-refractivity contribution < 1.29 is 0 Å². The third-order valence-corrected chi connectivity index (χ3v) is 4.42. The van der Waals surface area contributed by atoms with Crippen LogP contribution in [0.5, 0.6) is 0 Å². The molecule has 0 spiro atoms. The van der Waals surface area contributed by atoms with Crippen molar-refractivity contribution in [3.63, 3.8) is 0 Å². The molecule has 0 bridgehead atoms. The number of nitrogens with one attached hydrogen (secondary N) is 1. The zero-order valence-electron chi connectivity index (χ0n) is 12.4. The second-order valence-corrected chi connectivity index (χ2v) is 5.67. The zero-order chi connectivity index (χ0) is 13.7. The summed E-state index contributed by atoms with van der Waals surface area (Å²) in [6.45, 7) is 9.93. The minimum absolute atomic E-state index is 0.269. The molecule has 1 fully saturated rings. The van der Waals surface area contributed by atoms with Crippen LogP contribution in [0.25, 0.3) is 0 Å². The maximum absolute atomic E-state index is 3.72. The number of nitrogens with zero attached hydrogens (tertiary/aromatic N) is 1. The average molecular weight is 258 g/mol. The fourth-order valence-electron chi connectivity index (χ4n) is 2.74. The number of benzene rings is 1. The molecule has 0 amide bonds. The van der Waals surface area contributed by atoms with E-state index in [0.29, 0.717) is 6.04 Å². The highest BCUT2D eigenvalue weighted by Gasteiger charge is 2.35. The Morgan fingerprint density at radius 3 is 2.74 bits per heavy atom. The van der Waals surface area contributed by atoms with Crippen molar-refractivity contribution in [1.82, 2.24) is 10.2 Å². The molecule has 2 rings (SSSR count). The van der Waals surface area contributed by atoms with Crippen LogP contribution in [0.1, 0.15) is 38.8 Å². The van der Waals surface area contributed by atoms with E-state index in [1.165, 1.54) is 12.0 Å². The van der Waals surface area contributed by atoms with Gasteiger partial charge < -0.3 is 5.32 Å². The van der Waals surface area contributed by atoms with Crippen LogP contribution in [0.4, 0.5) is 0 Å². The monoisotopic (exact) mass is 258 g/mol. The van der Waals surface area contributed by atoms with E-state index in [-0.39, 0.29) is 5.54 Å². The summed E-state index contributed by atoms with van der Waals surface area (Å²) in [4.78, 5) is 2.61. The lowest BCUT2D eigenvalue weighted by atomic mass is 9.90. The highest BCUT2D eigenvalue weighted by Crippen LogP contribution is 2.28. The first-order valence-electron chi connectivity index (χ1n) is 7.34. The predicted molar refractivity (Wildman–Crippen MR) is 82.3 cm³/mol. The van der Waals surface area contributed by atoms with E-state index in [4.69, 9.17) is 0 Å². The maximum atomic E-state index is 3.72. The van der Waals surface area contributed by atoms with Crippen LogP contribution in [0.3, 0.4) is 0 Å². The maximum Gasteiger partial charge on any atom is 0.0450 e. The Morgan fingerprint density at radius 1 is 1.37 bits per heavy atom. The quantitative estimate of drug-likeness (QED) is 0.833. The Labute approximate surface area is 117 Å². The van der Waals surface area contributed by atoms with Crippen molar-refractivity contribution in [2.75, 3.05) is 19.6 Å². The van der Waals surface area contributed by atoms with Gasteiger partial charge in [-0.05, 0) is 25.8 Å². The minimum atomic E-state index is 0.269. The molecule has 1 aliphatic heterocycles. The second kappa shape index (κ2) is 6.36. The van der Waals surface area contributed by atoms with Crippen molar-refractivity contribution in [2.45, 2.75) is 38.8 Å².